The van der Waals surface area contributed by atoms with Gasteiger partial charge in [-0.1, -0.05) is 27.2 Å². The summed E-state index contributed by atoms with van der Waals surface area (Å²) in [6, 6.07) is 0.752. The molecule has 1 N–H and O–H groups in total. The van der Waals surface area contributed by atoms with Crippen LogP contribution in [0.1, 0.15) is 47.0 Å². The quantitative estimate of drug-likeness (QED) is 0.789. The molecule has 0 aromatic carbocycles. The van der Waals surface area contributed by atoms with Gasteiger partial charge in [0.05, 0.1) is 0 Å². The molecule has 3 unspecified atom stereocenters. The van der Waals surface area contributed by atoms with Crippen LogP contribution in [0.3, 0.4) is 0 Å². The molecule has 0 amide bonds. The first kappa shape index (κ1) is 12.4. The van der Waals surface area contributed by atoms with Gasteiger partial charge in [0.2, 0.25) is 0 Å². The average Bonchev–Trinajstić information content (AvgIpc) is 3.12. The third-order valence-corrected chi connectivity index (χ3v) is 4.90. The molecule has 1 aliphatic carbocycles. The lowest BCUT2D eigenvalue weighted by molar-refractivity contribution is 0.0519. The Morgan fingerprint density at radius 3 is 2.56 bits per heavy atom. The standard InChI is InChI=1S/C14H28N2/c1-5-11(3)13-9-15-14(4,12-7-8-12)10-16(13)6-2/h11-13,15H,5-10H2,1-4H3. The summed E-state index contributed by atoms with van der Waals surface area (Å²) in [6.07, 6.45) is 4.17. The van der Waals surface area contributed by atoms with Crippen LogP contribution < -0.4 is 5.32 Å². The van der Waals surface area contributed by atoms with E-state index in [2.05, 4.69) is 37.9 Å². The molecule has 0 bridgehead atoms. The van der Waals surface area contributed by atoms with Gasteiger partial charge in [-0.2, -0.15) is 0 Å². The van der Waals surface area contributed by atoms with Crippen LogP contribution >= 0.6 is 0 Å². The fraction of sp³-hybridized carbons (Fsp3) is 1.00. The summed E-state index contributed by atoms with van der Waals surface area (Å²) in [5.41, 5.74) is 0.403. The Balaban J connectivity index is 2.01. The van der Waals surface area contributed by atoms with E-state index in [9.17, 15) is 0 Å². The number of hydrogen-bond donors (Lipinski definition) is 1. The normalized spacial score (nSPS) is 38.6. The zero-order chi connectivity index (χ0) is 11.8. The van der Waals surface area contributed by atoms with Gasteiger partial charge in [-0.3, -0.25) is 4.90 Å². The maximum Gasteiger partial charge on any atom is 0.0309 e. The molecule has 1 saturated heterocycles. The first-order chi connectivity index (χ1) is 7.60. The van der Waals surface area contributed by atoms with E-state index in [0.717, 1.165) is 17.9 Å². The number of nitrogens with zero attached hydrogens (tertiary/aromatic N) is 1. The van der Waals surface area contributed by atoms with Crippen LogP contribution in [0.5, 0.6) is 0 Å². The van der Waals surface area contributed by atoms with E-state index >= 15 is 0 Å². The Kier molecular flexibility index (Phi) is 3.60. The van der Waals surface area contributed by atoms with Crippen LogP contribution in [0.4, 0.5) is 0 Å². The Bertz CT molecular complexity index is 237. The molecule has 1 aliphatic heterocycles. The molecule has 0 aromatic heterocycles. The highest BCUT2D eigenvalue weighted by molar-refractivity contribution is 5.04. The van der Waals surface area contributed by atoms with Crippen molar-refractivity contribution in [3.63, 3.8) is 0 Å². The summed E-state index contributed by atoms with van der Waals surface area (Å²) in [5.74, 6) is 1.76. The minimum Gasteiger partial charge on any atom is -0.308 e. The molecule has 3 atom stereocenters. The van der Waals surface area contributed by atoms with E-state index in [4.69, 9.17) is 0 Å². The van der Waals surface area contributed by atoms with Crippen molar-refractivity contribution >= 4 is 0 Å². The molecule has 2 heteroatoms. The third-order valence-electron chi connectivity index (χ3n) is 4.90. The van der Waals surface area contributed by atoms with Gasteiger partial charge in [-0.15, -0.1) is 0 Å². The van der Waals surface area contributed by atoms with E-state index in [0.29, 0.717) is 5.54 Å². The lowest BCUT2D eigenvalue weighted by atomic mass is 9.87. The minimum atomic E-state index is 0.403. The second-order valence-corrected chi connectivity index (χ2v) is 6.09. The topological polar surface area (TPSA) is 15.3 Å². The van der Waals surface area contributed by atoms with Crippen LogP contribution in [-0.4, -0.2) is 36.1 Å². The Labute approximate surface area is 101 Å². The summed E-state index contributed by atoms with van der Waals surface area (Å²) < 4.78 is 0. The number of nitrogens with one attached hydrogen (secondary N) is 1. The molecular weight excluding hydrogens is 196 g/mol. The fourth-order valence-electron chi connectivity index (χ4n) is 3.24. The molecule has 2 aliphatic rings. The lowest BCUT2D eigenvalue weighted by Gasteiger charge is -2.48. The fourth-order valence-corrected chi connectivity index (χ4v) is 3.24. The van der Waals surface area contributed by atoms with Crippen molar-refractivity contribution in [1.29, 1.82) is 0 Å². The van der Waals surface area contributed by atoms with E-state index in [1.165, 1.54) is 38.9 Å². The maximum absolute atomic E-state index is 3.85. The zero-order valence-corrected chi connectivity index (χ0v) is 11.4. The first-order valence-electron chi connectivity index (χ1n) is 7.09. The van der Waals surface area contributed by atoms with Gasteiger partial charge in [-0.25, -0.2) is 0 Å². The summed E-state index contributed by atoms with van der Waals surface area (Å²) in [5, 5.41) is 3.85. The monoisotopic (exact) mass is 224 g/mol. The summed E-state index contributed by atoms with van der Waals surface area (Å²) in [4.78, 5) is 2.71. The minimum absolute atomic E-state index is 0.403. The number of hydrogen-bond acceptors (Lipinski definition) is 2. The van der Waals surface area contributed by atoms with Gasteiger partial charge in [-0.05, 0) is 38.1 Å². The Morgan fingerprint density at radius 1 is 1.38 bits per heavy atom. The van der Waals surface area contributed by atoms with Crippen LogP contribution in [0.15, 0.2) is 0 Å². The third kappa shape index (κ3) is 2.28. The molecule has 16 heavy (non-hydrogen) atoms. The SMILES string of the molecule is CCC(C)C1CNC(C)(C2CC2)CN1CC. The molecule has 0 aromatic rings. The van der Waals surface area contributed by atoms with Gasteiger partial charge in [0.25, 0.3) is 0 Å². The van der Waals surface area contributed by atoms with Crippen molar-refractivity contribution < 1.29 is 0 Å². The molecule has 2 nitrogen and oxygen atoms in total. The largest absolute Gasteiger partial charge is 0.308 e. The summed E-state index contributed by atoms with van der Waals surface area (Å²) >= 11 is 0. The highest BCUT2D eigenvalue weighted by Gasteiger charge is 2.46. The number of likely N-dealkylation sites (N-methyl/N-ethyl adjacent to an activating group) is 1. The van der Waals surface area contributed by atoms with Crippen LogP contribution in [0, 0.1) is 11.8 Å². The molecule has 2 rings (SSSR count). The van der Waals surface area contributed by atoms with Gasteiger partial charge in [0, 0.05) is 24.7 Å². The molecule has 1 saturated carbocycles. The van der Waals surface area contributed by atoms with Crippen LogP contribution in [-0.2, 0) is 0 Å². The second-order valence-electron chi connectivity index (χ2n) is 6.09. The predicted molar refractivity (Wildman–Crippen MR) is 69.6 cm³/mol. The number of rotatable bonds is 4. The summed E-state index contributed by atoms with van der Waals surface area (Å²) in [7, 11) is 0. The molecular formula is C14H28N2. The van der Waals surface area contributed by atoms with Crippen molar-refractivity contribution in [2.75, 3.05) is 19.6 Å². The Morgan fingerprint density at radius 2 is 2.06 bits per heavy atom. The molecule has 2 fully saturated rings. The predicted octanol–water partition coefficient (Wildman–Crippen LogP) is 2.49. The average molecular weight is 224 g/mol. The number of piperazine rings is 1. The smallest absolute Gasteiger partial charge is 0.0309 e. The molecule has 94 valence electrons. The van der Waals surface area contributed by atoms with Crippen molar-refractivity contribution in [1.82, 2.24) is 10.2 Å². The first-order valence-corrected chi connectivity index (χ1v) is 7.09. The Hall–Kier alpha value is -0.0800. The van der Waals surface area contributed by atoms with Crippen molar-refractivity contribution in [3.8, 4) is 0 Å². The molecule has 0 spiro atoms. The summed E-state index contributed by atoms with van der Waals surface area (Å²) in [6.45, 7) is 13.1. The van der Waals surface area contributed by atoms with E-state index < -0.39 is 0 Å². The molecule has 0 radical (unpaired) electrons. The van der Waals surface area contributed by atoms with Crippen molar-refractivity contribution in [2.45, 2.75) is 58.5 Å². The van der Waals surface area contributed by atoms with Gasteiger partial charge >= 0.3 is 0 Å². The highest BCUT2D eigenvalue weighted by atomic mass is 15.3. The van der Waals surface area contributed by atoms with Gasteiger partial charge < -0.3 is 5.32 Å². The van der Waals surface area contributed by atoms with Gasteiger partial charge in [0.1, 0.15) is 0 Å². The molecule has 1 heterocycles. The van der Waals surface area contributed by atoms with Crippen molar-refractivity contribution in [2.24, 2.45) is 11.8 Å². The zero-order valence-electron chi connectivity index (χ0n) is 11.4. The van der Waals surface area contributed by atoms with E-state index in [-0.39, 0.29) is 0 Å². The van der Waals surface area contributed by atoms with Crippen LogP contribution in [0.25, 0.3) is 0 Å². The van der Waals surface area contributed by atoms with Crippen molar-refractivity contribution in [3.05, 3.63) is 0 Å². The maximum atomic E-state index is 3.85. The second kappa shape index (κ2) is 4.66. The van der Waals surface area contributed by atoms with Crippen LogP contribution in [0.2, 0.25) is 0 Å². The van der Waals surface area contributed by atoms with E-state index in [1.54, 1.807) is 0 Å². The van der Waals surface area contributed by atoms with Gasteiger partial charge in [0.15, 0.2) is 0 Å². The highest BCUT2D eigenvalue weighted by Crippen LogP contribution is 2.41. The lowest BCUT2D eigenvalue weighted by Crippen LogP contribution is -2.65. The van der Waals surface area contributed by atoms with E-state index in [1.807, 2.05) is 0 Å².